The number of halogens is 5. The highest BCUT2D eigenvalue weighted by Gasteiger charge is 2.35. The molecule has 2 rings (SSSR count). The van der Waals surface area contributed by atoms with Crippen LogP contribution in [-0.2, 0) is 6.18 Å². The zero-order valence-electron chi connectivity index (χ0n) is 9.84. The van der Waals surface area contributed by atoms with Gasteiger partial charge in [0, 0.05) is 10.6 Å². The Hall–Kier alpha value is -1.88. The van der Waals surface area contributed by atoms with Crippen molar-refractivity contribution in [2.24, 2.45) is 0 Å². The summed E-state index contributed by atoms with van der Waals surface area (Å²) in [6.07, 6.45) is -4.85. The monoisotopic (exact) mass is 302 g/mol. The van der Waals surface area contributed by atoms with Crippen molar-refractivity contribution >= 4 is 17.4 Å². The largest absolute Gasteiger partial charge is 0.419 e. The maximum Gasteiger partial charge on any atom is 0.419 e. The number of carbonyl (C=O) groups excluding carboxylic acids is 1. The molecule has 0 atom stereocenters. The lowest BCUT2D eigenvalue weighted by Crippen LogP contribution is -2.13. The molecule has 0 aliphatic rings. The Labute approximate surface area is 116 Å². The second kappa shape index (κ2) is 5.25. The van der Waals surface area contributed by atoms with E-state index in [-0.39, 0.29) is 10.6 Å². The molecule has 6 heteroatoms. The number of benzene rings is 2. The summed E-state index contributed by atoms with van der Waals surface area (Å²) in [7, 11) is 0. The molecule has 0 saturated carbocycles. The summed E-state index contributed by atoms with van der Waals surface area (Å²) >= 11 is 5.69. The van der Waals surface area contributed by atoms with E-state index >= 15 is 0 Å². The van der Waals surface area contributed by atoms with E-state index in [0.29, 0.717) is 6.07 Å². The third kappa shape index (κ3) is 2.82. The van der Waals surface area contributed by atoms with Gasteiger partial charge in [0.25, 0.3) is 0 Å². The summed E-state index contributed by atoms with van der Waals surface area (Å²) in [6.45, 7) is 0. The van der Waals surface area contributed by atoms with Crippen LogP contribution in [0.25, 0.3) is 0 Å². The second-order valence-corrected chi connectivity index (χ2v) is 4.44. The number of hydrogen-bond acceptors (Lipinski definition) is 1. The molecular formula is C14H7ClF4O. The molecular weight excluding hydrogens is 296 g/mol. The fourth-order valence-electron chi connectivity index (χ4n) is 1.71. The van der Waals surface area contributed by atoms with E-state index in [0.717, 1.165) is 12.1 Å². The van der Waals surface area contributed by atoms with E-state index in [1.165, 1.54) is 24.3 Å². The number of rotatable bonds is 2. The van der Waals surface area contributed by atoms with Crippen LogP contribution in [0.2, 0.25) is 5.02 Å². The van der Waals surface area contributed by atoms with Crippen LogP contribution in [0.4, 0.5) is 17.6 Å². The molecule has 104 valence electrons. The van der Waals surface area contributed by atoms with Gasteiger partial charge in [0.15, 0.2) is 5.78 Å². The average molecular weight is 303 g/mol. The fraction of sp³-hybridized carbons (Fsp3) is 0.0714. The summed E-state index contributed by atoms with van der Waals surface area (Å²) in [4.78, 5) is 12.0. The number of ketones is 1. The zero-order valence-corrected chi connectivity index (χ0v) is 10.6. The normalized spacial score (nSPS) is 11.4. The predicted octanol–water partition coefficient (Wildman–Crippen LogP) is 4.73. The molecule has 0 amide bonds. The standard InChI is InChI=1S/C14H7ClF4O/c15-9-4-1-3-8(7-9)13(20)10-5-2-6-11(12(10)16)14(17,18)19/h1-7H. The molecule has 0 saturated heterocycles. The van der Waals surface area contributed by atoms with Crippen LogP contribution >= 0.6 is 11.6 Å². The van der Waals surface area contributed by atoms with E-state index < -0.39 is 28.9 Å². The van der Waals surface area contributed by atoms with Gasteiger partial charge in [-0.15, -0.1) is 0 Å². The van der Waals surface area contributed by atoms with Crippen molar-refractivity contribution in [3.63, 3.8) is 0 Å². The summed E-state index contributed by atoms with van der Waals surface area (Å²) in [5.41, 5.74) is -2.08. The van der Waals surface area contributed by atoms with Crippen molar-refractivity contribution < 1.29 is 22.4 Å². The predicted molar refractivity (Wildman–Crippen MR) is 66.3 cm³/mol. The van der Waals surface area contributed by atoms with Crippen LogP contribution in [-0.4, -0.2) is 5.78 Å². The lowest BCUT2D eigenvalue weighted by atomic mass is 10.0. The Kier molecular flexibility index (Phi) is 3.81. The van der Waals surface area contributed by atoms with Crippen molar-refractivity contribution in [2.75, 3.05) is 0 Å². The summed E-state index contributed by atoms with van der Waals surface area (Å²) < 4.78 is 51.6. The topological polar surface area (TPSA) is 17.1 Å². The number of carbonyl (C=O) groups is 1. The van der Waals surface area contributed by atoms with Gasteiger partial charge in [-0.1, -0.05) is 29.8 Å². The third-order valence-electron chi connectivity index (χ3n) is 2.64. The molecule has 0 spiro atoms. The summed E-state index contributed by atoms with van der Waals surface area (Å²) in [5, 5.41) is 0.239. The van der Waals surface area contributed by atoms with Crippen LogP contribution in [0, 0.1) is 5.82 Å². The first-order chi connectivity index (χ1) is 9.30. The van der Waals surface area contributed by atoms with Crippen LogP contribution in [0.3, 0.4) is 0 Å². The van der Waals surface area contributed by atoms with E-state index in [1.54, 1.807) is 0 Å². The van der Waals surface area contributed by atoms with Gasteiger partial charge in [0.05, 0.1) is 11.1 Å². The van der Waals surface area contributed by atoms with Gasteiger partial charge in [-0.2, -0.15) is 13.2 Å². The number of alkyl halides is 3. The lowest BCUT2D eigenvalue weighted by Gasteiger charge is -2.10. The van der Waals surface area contributed by atoms with E-state index in [1.807, 2.05) is 0 Å². The molecule has 0 unspecified atom stereocenters. The Morgan fingerprint density at radius 2 is 1.70 bits per heavy atom. The molecule has 2 aromatic rings. The molecule has 0 aliphatic carbocycles. The Balaban J connectivity index is 2.51. The molecule has 0 heterocycles. The van der Waals surface area contributed by atoms with Crippen molar-refractivity contribution in [1.82, 2.24) is 0 Å². The molecule has 0 fully saturated rings. The zero-order chi connectivity index (χ0) is 14.9. The molecule has 2 aromatic carbocycles. The number of hydrogen-bond donors (Lipinski definition) is 0. The third-order valence-corrected chi connectivity index (χ3v) is 2.87. The Bertz CT molecular complexity index is 664. The van der Waals surface area contributed by atoms with Gasteiger partial charge in [-0.3, -0.25) is 4.79 Å². The lowest BCUT2D eigenvalue weighted by molar-refractivity contribution is -0.140. The van der Waals surface area contributed by atoms with Gasteiger partial charge in [-0.05, 0) is 24.3 Å². The fourth-order valence-corrected chi connectivity index (χ4v) is 1.90. The first-order valence-electron chi connectivity index (χ1n) is 5.46. The first-order valence-corrected chi connectivity index (χ1v) is 5.84. The molecule has 0 aliphatic heterocycles. The maximum absolute atomic E-state index is 13.8. The first kappa shape index (κ1) is 14.5. The Morgan fingerprint density at radius 1 is 1.05 bits per heavy atom. The smallest absolute Gasteiger partial charge is 0.288 e. The average Bonchev–Trinajstić information content (AvgIpc) is 2.37. The SMILES string of the molecule is O=C(c1cccc(Cl)c1)c1cccc(C(F)(F)F)c1F. The minimum Gasteiger partial charge on any atom is -0.288 e. The minimum atomic E-state index is -4.85. The van der Waals surface area contributed by atoms with Crippen molar-refractivity contribution in [1.29, 1.82) is 0 Å². The summed E-state index contributed by atoms with van der Waals surface area (Å²) in [6, 6.07) is 8.17. The molecule has 0 radical (unpaired) electrons. The van der Waals surface area contributed by atoms with E-state index in [9.17, 15) is 22.4 Å². The highest BCUT2D eigenvalue weighted by atomic mass is 35.5. The van der Waals surface area contributed by atoms with Gasteiger partial charge < -0.3 is 0 Å². The maximum atomic E-state index is 13.8. The van der Waals surface area contributed by atoms with E-state index in [2.05, 4.69) is 0 Å². The van der Waals surface area contributed by atoms with Crippen molar-refractivity contribution in [2.45, 2.75) is 6.18 Å². The summed E-state index contributed by atoms with van der Waals surface area (Å²) in [5.74, 6) is -2.43. The molecule has 0 bridgehead atoms. The van der Waals surface area contributed by atoms with Crippen LogP contribution in [0.5, 0.6) is 0 Å². The van der Waals surface area contributed by atoms with Crippen LogP contribution in [0.1, 0.15) is 21.5 Å². The molecule has 0 aromatic heterocycles. The van der Waals surface area contributed by atoms with Gasteiger partial charge >= 0.3 is 6.18 Å². The highest BCUT2D eigenvalue weighted by Crippen LogP contribution is 2.33. The van der Waals surface area contributed by atoms with Gasteiger partial charge in [-0.25, -0.2) is 4.39 Å². The second-order valence-electron chi connectivity index (χ2n) is 4.00. The molecule has 1 nitrogen and oxygen atoms in total. The van der Waals surface area contributed by atoms with Gasteiger partial charge in [0.2, 0.25) is 0 Å². The highest BCUT2D eigenvalue weighted by molar-refractivity contribution is 6.31. The van der Waals surface area contributed by atoms with E-state index in [4.69, 9.17) is 11.6 Å². The Morgan fingerprint density at radius 3 is 2.30 bits per heavy atom. The van der Waals surface area contributed by atoms with Crippen molar-refractivity contribution in [3.8, 4) is 0 Å². The molecule has 0 N–H and O–H groups in total. The van der Waals surface area contributed by atoms with Crippen molar-refractivity contribution in [3.05, 3.63) is 70.0 Å². The quantitative estimate of drug-likeness (QED) is 0.579. The van der Waals surface area contributed by atoms with Crippen LogP contribution < -0.4 is 0 Å². The van der Waals surface area contributed by atoms with Gasteiger partial charge in [0.1, 0.15) is 5.82 Å². The molecule has 20 heavy (non-hydrogen) atoms. The minimum absolute atomic E-state index is 0.0238. The van der Waals surface area contributed by atoms with Crippen LogP contribution in [0.15, 0.2) is 42.5 Å².